The summed E-state index contributed by atoms with van der Waals surface area (Å²) in [5.74, 6) is -0.229. The average molecular weight is 429 g/mol. The molecular formula is C26H54NO3+. The third-order valence-corrected chi connectivity index (χ3v) is 5.73. The number of likely N-dealkylation sites (N-methyl/N-ethyl adjacent to an activating group) is 1. The number of carbonyl (C=O) groups is 1. The highest BCUT2D eigenvalue weighted by atomic mass is 17.2. The van der Waals surface area contributed by atoms with Gasteiger partial charge in [-0.05, 0) is 6.42 Å². The number of hydrogen-bond donors (Lipinski definition) is 0. The Morgan fingerprint density at radius 3 is 1.33 bits per heavy atom. The van der Waals surface area contributed by atoms with Gasteiger partial charge in [0.2, 0.25) is 0 Å². The van der Waals surface area contributed by atoms with E-state index in [0.29, 0.717) is 13.0 Å². The fourth-order valence-electron chi connectivity index (χ4n) is 3.63. The molecule has 0 aliphatic heterocycles. The summed E-state index contributed by atoms with van der Waals surface area (Å²) in [4.78, 5) is 21.4. The minimum absolute atomic E-state index is 0.229. The van der Waals surface area contributed by atoms with Gasteiger partial charge in [0.1, 0.15) is 13.2 Å². The van der Waals surface area contributed by atoms with Crippen molar-refractivity contribution in [3.63, 3.8) is 0 Å². The maximum absolute atomic E-state index is 11.6. The van der Waals surface area contributed by atoms with E-state index < -0.39 is 0 Å². The molecule has 0 N–H and O–H groups in total. The first-order valence-corrected chi connectivity index (χ1v) is 13.1. The summed E-state index contributed by atoms with van der Waals surface area (Å²) in [6.45, 7) is 3.56. The zero-order chi connectivity index (χ0) is 22.3. The Balaban J connectivity index is 3.15. The highest BCUT2D eigenvalue weighted by Gasteiger charge is 2.08. The van der Waals surface area contributed by atoms with Crippen LogP contribution in [0.3, 0.4) is 0 Å². The molecule has 0 aromatic carbocycles. The first kappa shape index (κ1) is 29.4. The number of rotatable bonds is 23. The molecule has 0 aromatic heterocycles. The van der Waals surface area contributed by atoms with Gasteiger partial charge in [0.25, 0.3) is 0 Å². The fourth-order valence-corrected chi connectivity index (χ4v) is 3.63. The number of unbranched alkanes of at least 4 members (excludes halogenated alkanes) is 17. The third-order valence-electron chi connectivity index (χ3n) is 5.73. The SMILES string of the molecule is CCCCCCCCCCCCCCCCCCCCC(=O)OOCC[N+](C)(C)C. The fraction of sp³-hybridized carbons (Fsp3) is 0.962. The van der Waals surface area contributed by atoms with Crippen LogP contribution < -0.4 is 0 Å². The molecule has 0 bridgehead atoms. The van der Waals surface area contributed by atoms with Crippen molar-refractivity contribution in [3.05, 3.63) is 0 Å². The largest absolute Gasteiger partial charge is 0.342 e. The molecule has 0 saturated heterocycles. The molecule has 0 unspecified atom stereocenters. The maximum atomic E-state index is 11.6. The van der Waals surface area contributed by atoms with Crippen molar-refractivity contribution >= 4 is 5.97 Å². The van der Waals surface area contributed by atoms with Crippen LogP contribution in [0.2, 0.25) is 0 Å². The summed E-state index contributed by atoms with van der Waals surface area (Å²) in [5, 5.41) is 0. The smallest absolute Gasteiger partial charge is 0.329 e. The predicted octanol–water partition coefficient (Wildman–Crippen LogP) is 7.60. The molecule has 0 aromatic rings. The summed E-state index contributed by atoms with van der Waals surface area (Å²) in [7, 11) is 6.26. The molecule has 0 heterocycles. The van der Waals surface area contributed by atoms with Crippen LogP contribution in [0.15, 0.2) is 0 Å². The Labute approximate surface area is 188 Å². The quantitative estimate of drug-likeness (QED) is 0.0727. The zero-order valence-electron chi connectivity index (χ0n) is 21.0. The Kier molecular flexibility index (Phi) is 21.2. The van der Waals surface area contributed by atoms with E-state index >= 15 is 0 Å². The van der Waals surface area contributed by atoms with E-state index in [1.807, 2.05) is 0 Å². The molecule has 4 nitrogen and oxygen atoms in total. The van der Waals surface area contributed by atoms with Gasteiger partial charge in [-0.1, -0.05) is 116 Å². The monoisotopic (exact) mass is 428 g/mol. The second-order valence-corrected chi connectivity index (χ2v) is 10.1. The lowest BCUT2D eigenvalue weighted by molar-refractivity contribution is -0.871. The van der Waals surface area contributed by atoms with Crippen molar-refractivity contribution < 1.29 is 19.1 Å². The molecule has 0 atom stereocenters. The minimum atomic E-state index is -0.229. The molecule has 4 heteroatoms. The van der Waals surface area contributed by atoms with Gasteiger partial charge < -0.3 is 4.48 Å². The second kappa shape index (κ2) is 21.6. The molecule has 0 fully saturated rings. The third kappa shape index (κ3) is 25.4. The Bertz CT molecular complexity index is 366. The van der Waals surface area contributed by atoms with E-state index in [1.165, 1.54) is 103 Å². The van der Waals surface area contributed by atoms with Gasteiger partial charge in [-0.15, -0.1) is 0 Å². The lowest BCUT2D eigenvalue weighted by atomic mass is 10.0. The molecule has 0 amide bonds. The van der Waals surface area contributed by atoms with E-state index in [4.69, 9.17) is 9.78 Å². The Morgan fingerprint density at radius 1 is 0.600 bits per heavy atom. The van der Waals surface area contributed by atoms with Gasteiger partial charge in [0.15, 0.2) is 0 Å². The molecule has 0 spiro atoms. The van der Waals surface area contributed by atoms with Gasteiger partial charge >= 0.3 is 5.97 Å². The van der Waals surface area contributed by atoms with Gasteiger partial charge in [0, 0.05) is 6.42 Å². The predicted molar refractivity (Wildman–Crippen MR) is 128 cm³/mol. The van der Waals surface area contributed by atoms with Crippen LogP contribution in [0.1, 0.15) is 129 Å². The second-order valence-electron chi connectivity index (χ2n) is 10.1. The number of nitrogens with zero attached hydrogens (tertiary/aromatic N) is 1. The topological polar surface area (TPSA) is 35.5 Å². The minimum Gasteiger partial charge on any atom is -0.329 e. The maximum Gasteiger partial charge on any atom is 0.342 e. The Morgan fingerprint density at radius 2 is 0.967 bits per heavy atom. The van der Waals surface area contributed by atoms with Crippen LogP contribution in [0, 0.1) is 0 Å². The van der Waals surface area contributed by atoms with E-state index in [0.717, 1.165) is 23.9 Å². The summed E-state index contributed by atoms with van der Waals surface area (Å²) in [6, 6.07) is 0. The van der Waals surface area contributed by atoms with Crippen molar-refractivity contribution in [1.29, 1.82) is 0 Å². The summed E-state index contributed by atoms with van der Waals surface area (Å²) in [6.07, 6.45) is 24.9. The van der Waals surface area contributed by atoms with Crippen LogP contribution in [0.5, 0.6) is 0 Å². The number of hydrogen-bond acceptors (Lipinski definition) is 3. The van der Waals surface area contributed by atoms with E-state index in [1.54, 1.807) is 0 Å². The highest BCUT2D eigenvalue weighted by Crippen LogP contribution is 2.14. The van der Waals surface area contributed by atoms with Crippen LogP contribution in [0.4, 0.5) is 0 Å². The van der Waals surface area contributed by atoms with Crippen molar-refractivity contribution in [2.24, 2.45) is 0 Å². The normalized spacial score (nSPS) is 11.7. The van der Waals surface area contributed by atoms with E-state index in [9.17, 15) is 4.79 Å². The zero-order valence-corrected chi connectivity index (χ0v) is 21.0. The van der Waals surface area contributed by atoms with Gasteiger partial charge in [-0.25, -0.2) is 4.79 Å². The van der Waals surface area contributed by atoms with E-state index in [2.05, 4.69) is 28.1 Å². The van der Waals surface area contributed by atoms with E-state index in [-0.39, 0.29) is 5.97 Å². The number of quaternary nitrogens is 1. The highest BCUT2D eigenvalue weighted by molar-refractivity contribution is 5.68. The summed E-state index contributed by atoms with van der Waals surface area (Å²) < 4.78 is 0.802. The van der Waals surface area contributed by atoms with Crippen LogP contribution in [0.25, 0.3) is 0 Å². The first-order chi connectivity index (χ1) is 14.5. The lowest BCUT2D eigenvalue weighted by Crippen LogP contribution is -2.37. The van der Waals surface area contributed by atoms with Crippen molar-refractivity contribution in [1.82, 2.24) is 0 Å². The molecule has 0 aliphatic carbocycles. The molecule has 180 valence electrons. The molecule has 0 saturated carbocycles. The van der Waals surface area contributed by atoms with Crippen molar-refractivity contribution in [2.75, 3.05) is 34.3 Å². The molecule has 30 heavy (non-hydrogen) atoms. The molecular weight excluding hydrogens is 374 g/mol. The average Bonchev–Trinajstić information content (AvgIpc) is 2.69. The van der Waals surface area contributed by atoms with Crippen LogP contribution in [-0.4, -0.2) is 44.7 Å². The van der Waals surface area contributed by atoms with Gasteiger partial charge in [-0.2, -0.15) is 4.89 Å². The summed E-state index contributed by atoms with van der Waals surface area (Å²) in [5.41, 5.74) is 0. The van der Waals surface area contributed by atoms with Crippen molar-refractivity contribution in [2.45, 2.75) is 129 Å². The molecule has 0 rings (SSSR count). The standard InChI is InChI=1S/C26H54NO3/c1-5-6-7-8-9-10-11-12-13-14-15-16-17-18-19-20-21-22-23-26(28)30-29-25-24-27(2,3)4/h5-25H2,1-4H3/q+1. The molecule has 0 aliphatic rings. The van der Waals surface area contributed by atoms with Crippen LogP contribution >= 0.6 is 0 Å². The summed E-state index contributed by atoms with van der Waals surface area (Å²) >= 11 is 0. The lowest BCUT2D eigenvalue weighted by Gasteiger charge is -2.22. The van der Waals surface area contributed by atoms with Crippen molar-refractivity contribution in [3.8, 4) is 0 Å². The number of carbonyl (C=O) groups excluding carboxylic acids is 1. The van der Waals surface area contributed by atoms with Gasteiger partial charge in [0.05, 0.1) is 21.1 Å². The van der Waals surface area contributed by atoms with Crippen LogP contribution in [-0.2, 0) is 14.6 Å². The Hall–Kier alpha value is -0.610. The first-order valence-electron chi connectivity index (χ1n) is 13.1. The van der Waals surface area contributed by atoms with Gasteiger partial charge in [-0.3, -0.25) is 4.89 Å². The molecule has 0 radical (unpaired) electrons.